The molecule has 1 N–H and O–H groups in total. The van der Waals surface area contributed by atoms with Crippen LogP contribution in [0.1, 0.15) is 22.3 Å². The zero-order chi connectivity index (χ0) is 35.5. The van der Waals surface area contributed by atoms with Gasteiger partial charge in [0.25, 0.3) is 0 Å². The second-order valence-electron chi connectivity index (χ2n) is 12.1. The first kappa shape index (κ1) is 34.2. The van der Waals surface area contributed by atoms with E-state index >= 15 is 0 Å². The van der Waals surface area contributed by atoms with Crippen molar-refractivity contribution in [3.8, 4) is 45.0 Å². The fraction of sp³-hybridized carbons (Fsp3) is 0.0952. The molecule has 2 heterocycles. The third-order valence-corrected chi connectivity index (χ3v) is 8.93. The second-order valence-corrected chi connectivity index (χ2v) is 12.3. The van der Waals surface area contributed by atoms with Gasteiger partial charge in [-0.15, -0.1) is 21.8 Å². The maximum Gasteiger partial charge on any atom is 0.182 e. The Morgan fingerprint density at radius 3 is 1.21 bits per heavy atom. The lowest BCUT2D eigenvalue weighted by Gasteiger charge is -2.10. The minimum Gasteiger partial charge on any atom is -0.392 e. The van der Waals surface area contributed by atoms with Gasteiger partial charge in [0.1, 0.15) is 0 Å². The van der Waals surface area contributed by atoms with E-state index in [9.17, 15) is 5.11 Å². The van der Waals surface area contributed by atoms with E-state index in [1.807, 2.05) is 112 Å². The van der Waals surface area contributed by atoms with E-state index in [0.29, 0.717) is 19.0 Å². The van der Waals surface area contributed by atoms with Crippen molar-refractivity contribution in [2.24, 2.45) is 0 Å². The van der Waals surface area contributed by atoms with Gasteiger partial charge in [0.2, 0.25) is 0 Å². The number of aromatic nitrogens is 8. The highest BCUT2D eigenvalue weighted by atomic mass is 35.5. The number of alkyl halides is 1. The molecule has 8 rings (SSSR count). The Balaban J connectivity index is 0.000000162. The zero-order valence-corrected chi connectivity index (χ0v) is 29.0. The fourth-order valence-electron chi connectivity index (χ4n) is 5.94. The molecule has 0 fully saturated rings. The van der Waals surface area contributed by atoms with E-state index < -0.39 is 0 Å². The van der Waals surface area contributed by atoms with Crippen molar-refractivity contribution in [2.75, 3.05) is 0 Å². The topological polar surface area (TPSA) is 107 Å². The van der Waals surface area contributed by atoms with Crippen molar-refractivity contribution in [1.29, 1.82) is 0 Å². The van der Waals surface area contributed by atoms with Gasteiger partial charge in [0.15, 0.2) is 11.6 Å². The molecule has 0 atom stereocenters. The van der Waals surface area contributed by atoms with Gasteiger partial charge in [-0.05, 0) is 65.4 Å². The van der Waals surface area contributed by atoms with Gasteiger partial charge in [0.05, 0.1) is 19.7 Å². The quantitative estimate of drug-likeness (QED) is 0.143. The van der Waals surface area contributed by atoms with Gasteiger partial charge in [-0.1, -0.05) is 158 Å². The molecule has 0 aliphatic rings. The number of rotatable bonds is 10. The molecule has 0 spiro atoms. The van der Waals surface area contributed by atoms with Crippen LogP contribution >= 0.6 is 11.6 Å². The molecular formula is C42H35ClN8O. The van der Waals surface area contributed by atoms with E-state index in [-0.39, 0.29) is 6.61 Å². The number of hydrogen-bond donors (Lipinski definition) is 1. The van der Waals surface area contributed by atoms with Gasteiger partial charge >= 0.3 is 0 Å². The van der Waals surface area contributed by atoms with Crippen LogP contribution < -0.4 is 0 Å². The molecule has 0 unspecified atom stereocenters. The minimum absolute atomic E-state index is 0.0389. The van der Waals surface area contributed by atoms with Gasteiger partial charge < -0.3 is 5.11 Å². The van der Waals surface area contributed by atoms with Gasteiger partial charge in [-0.3, -0.25) is 0 Å². The Kier molecular flexibility index (Phi) is 10.9. The summed E-state index contributed by atoms with van der Waals surface area (Å²) in [6.07, 6.45) is 0. The third-order valence-electron chi connectivity index (χ3n) is 8.62. The normalized spacial score (nSPS) is 10.8. The van der Waals surface area contributed by atoms with E-state index in [0.717, 1.165) is 67.3 Å². The number of benzene rings is 6. The Hall–Kier alpha value is -6.29. The standard InChI is InChI=1S/C21H17ClN4.C21H18N4O/c22-14-16-10-12-18(13-11-16)19-8-4-5-9-20(19)21-23-24-25-26(21)15-17-6-2-1-3-7-17;26-15-17-10-12-18(13-11-17)19-8-4-5-9-20(19)21-22-23-24-25(21)14-16-6-2-1-3-7-16/h1-13H,14-15H2;1-13,26H,14-15H2. The molecule has 9 nitrogen and oxygen atoms in total. The number of hydrogen-bond acceptors (Lipinski definition) is 7. The monoisotopic (exact) mass is 702 g/mol. The van der Waals surface area contributed by atoms with E-state index in [4.69, 9.17) is 11.6 Å². The highest BCUT2D eigenvalue weighted by molar-refractivity contribution is 6.17. The first-order chi connectivity index (χ1) is 25.7. The molecule has 8 aromatic rings. The van der Waals surface area contributed by atoms with Crippen molar-refractivity contribution in [3.63, 3.8) is 0 Å². The molecule has 0 bridgehead atoms. The molecule has 0 aliphatic heterocycles. The molecule has 2 aromatic heterocycles. The largest absolute Gasteiger partial charge is 0.392 e. The van der Waals surface area contributed by atoms with Gasteiger partial charge in [-0.25, -0.2) is 9.36 Å². The summed E-state index contributed by atoms with van der Waals surface area (Å²) in [5.74, 6) is 2.00. The van der Waals surface area contributed by atoms with E-state index in [1.54, 1.807) is 0 Å². The summed E-state index contributed by atoms with van der Waals surface area (Å²) >= 11 is 5.91. The summed E-state index contributed by atoms with van der Waals surface area (Å²) in [7, 11) is 0. The molecule has 0 amide bonds. The molecule has 10 heteroatoms. The second kappa shape index (κ2) is 16.6. The third kappa shape index (κ3) is 8.02. The Labute approximate surface area is 306 Å². The Morgan fingerprint density at radius 1 is 0.423 bits per heavy atom. The lowest BCUT2D eigenvalue weighted by atomic mass is 9.98. The van der Waals surface area contributed by atoms with E-state index in [2.05, 4.69) is 85.6 Å². The van der Waals surface area contributed by atoms with Crippen molar-refractivity contribution >= 4 is 11.6 Å². The summed E-state index contributed by atoms with van der Waals surface area (Å²) in [6.45, 7) is 1.28. The van der Waals surface area contributed by atoms with Crippen LogP contribution in [0.15, 0.2) is 158 Å². The Morgan fingerprint density at radius 2 is 0.808 bits per heavy atom. The summed E-state index contributed by atoms with van der Waals surface area (Å²) in [5, 5.41) is 33.9. The van der Waals surface area contributed by atoms with Crippen molar-refractivity contribution < 1.29 is 5.11 Å². The van der Waals surface area contributed by atoms with Crippen LogP contribution in [0.4, 0.5) is 0 Å². The van der Waals surface area contributed by atoms with E-state index in [1.165, 1.54) is 0 Å². The SMILES string of the molecule is ClCc1ccc(-c2ccccc2-c2nnnn2Cc2ccccc2)cc1.OCc1ccc(-c2ccccc2-c2nnnn2Cc2ccccc2)cc1. The summed E-state index contributed by atoms with van der Waals surface area (Å²) < 4.78 is 3.65. The first-order valence-corrected chi connectivity index (χ1v) is 17.4. The summed E-state index contributed by atoms with van der Waals surface area (Å²) in [6, 6.07) is 52.7. The molecule has 0 aliphatic carbocycles. The average molecular weight is 703 g/mol. The van der Waals surface area contributed by atoms with Crippen molar-refractivity contribution in [2.45, 2.75) is 25.6 Å². The average Bonchev–Trinajstić information content (AvgIpc) is 3.88. The van der Waals surface area contributed by atoms with Crippen LogP contribution in [0.2, 0.25) is 0 Å². The zero-order valence-electron chi connectivity index (χ0n) is 28.2. The number of tetrazole rings is 2. The molecule has 0 saturated heterocycles. The Bertz CT molecular complexity index is 2160. The maximum atomic E-state index is 9.25. The summed E-state index contributed by atoms with van der Waals surface area (Å²) in [4.78, 5) is 0. The van der Waals surface area contributed by atoms with Crippen LogP contribution in [-0.4, -0.2) is 45.5 Å². The minimum atomic E-state index is 0.0389. The predicted molar refractivity (Wildman–Crippen MR) is 204 cm³/mol. The predicted octanol–water partition coefficient (Wildman–Crippen LogP) is 8.34. The lowest BCUT2D eigenvalue weighted by molar-refractivity contribution is 0.282. The van der Waals surface area contributed by atoms with Gasteiger partial charge in [-0.2, -0.15) is 0 Å². The van der Waals surface area contributed by atoms with Crippen LogP contribution in [-0.2, 0) is 25.6 Å². The molecule has 52 heavy (non-hydrogen) atoms. The first-order valence-electron chi connectivity index (χ1n) is 16.8. The fourth-order valence-corrected chi connectivity index (χ4v) is 6.12. The van der Waals surface area contributed by atoms with Crippen molar-refractivity contribution in [3.05, 3.63) is 180 Å². The van der Waals surface area contributed by atoms with Gasteiger partial charge in [0, 0.05) is 17.0 Å². The molecular weight excluding hydrogens is 668 g/mol. The summed E-state index contributed by atoms with van der Waals surface area (Å²) in [5.41, 5.74) is 10.6. The number of aliphatic hydroxyl groups is 1. The van der Waals surface area contributed by atoms with Crippen LogP contribution in [0.3, 0.4) is 0 Å². The van der Waals surface area contributed by atoms with Crippen molar-refractivity contribution in [1.82, 2.24) is 40.4 Å². The highest BCUT2D eigenvalue weighted by Crippen LogP contribution is 2.32. The van der Waals surface area contributed by atoms with Crippen LogP contribution in [0.5, 0.6) is 0 Å². The van der Waals surface area contributed by atoms with Crippen LogP contribution in [0.25, 0.3) is 45.0 Å². The highest BCUT2D eigenvalue weighted by Gasteiger charge is 2.16. The number of halogens is 1. The molecule has 0 radical (unpaired) electrons. The molecule has 256 valence electrons. The number of nitrogens with zero attached hydrogens (tertiary/aromatic N) is 8. The maximum absolute atomic E-state index is 9.25. The van der Waals surface area contributed by atoms with Crippen LogP contribution in [0, 0.1) is 0 Å². The molecule has 0 saturated carbocycles. The smallest absolute Gasteiger partial charge is 0.182 e. The molecule has 6 aromatic carbocycles. The lowest BCUT2D eigenvalue weighted by Crippen LogP contribution is -2.05. The number of aliphatic hydroxyl groups excluding tert-OH is 1.